The maximum atomic E-state index is 13.4. The number of nitrogens with one attached hydrogen (secondary N) is 2. The summed E-state index contributed by atoms with van der Waals surface area (Å²) < 4.78 is 55.4. The molecular formula is C27H30F2N4O3S. The third-order valence-corrected chi connectivity index (χ3v) is 7.76. The van der Waals surface area contributed by atoms with E-state index in [2.05, 4.69) is 33.7 Å². The Balaban J connectivity index is 1.60. The average Bonchev–Trinajstić information content (AvgIpc) is 2.88. The molecule has 0 unspecified atom stereocenters. The highest BCUT2D eigenvalue weighted by molar-refractivity contribution is 7.92. The normalized spacial score (nSPS) is 14.6. The van der Waals surface area contributed by atoms with Crippen LogP contribution < -0.4 is 14.9 Å². The van der Waals surface area contributed by atoms with E-state index in [1.165, 1.54) is 30.3 Å². The van der Waals surface area contributed by atoms with Gasteiger partial charge in [-0.15, -0.1) is 0 Å². The van der Waals surface area contributed by atoms with Crippen LogP contribution in [0.4, 0.5) is 20.2 Å². The van der Waals surface area contributed by atoms with Crippen LogP contribution in [0, 0.1) is 11.6 Å². The highest BCUT2D eigenvalue weighted by Gasteiger charge is 2.24. The molecule has 196 valence electrons. The van der Waals surface area contributed by atoms with Crippen LogP contribution in [-0.4, -0.2) is 51.4 Å². The molecular weight excluding hydrogens is 498 g/mol. The van der Waals surface area contributed by atoms with Gasteiger partial charge in [0.05, 0.1) is 16.3 Å². The minimum Gasteiger partial charge on any atom is -0.367 e. The highest BCUT2D eigenvalue weighted by atomic mass is 32.2. The Morgan fingerprint density at radius 3 is 2.08 bits per heavy atom. The lowest BCUT2D eigenvalue weighted by Gasteiger charge is -2.38. The van der Waals surface area contributed by atoms with Crippen molar-refractivity contribution in [1.82, 2.24) is 10.2 Å². The Labute approximate surface area is 216 Å². The van der Waals surface area contributed by atoms with Crippen molar-refractivity contribution in [3.05, 3.63) is 89.5 Å². The average molecular weight is 529 g/mol. The molecule has 3 aromatic carbocycles. The van der Waals surface area contributed by atoms with Gasteiger partial charge in [-0.1, -0.05) is 12.1 Å². The largest absolute Gasteiger partial charge is 0.367 e. The van der Waals surface area contributed by atoms with E-state index in [1.54, 1.807) is 24.3 Å². The fraction of sp³-hybridized carbons (Fsp3) is 0.296. The molecule has 7 nitrogen and oxygen atoms in total. The molecule has 1 heterocycles. The summed E-state index contributed by atoms with van der Waals surface area (Å²) in [5.41, 5.74) is 1.91. The van der Waals surface area contributed by atoms with Crippen LogP contribution in [0.1, 0.15) is 29.8 Å². The zero-order valence-corrected chi connectivity index (χ0v) is 21.6. The molecule has 4 rings (SSSR count). The smallest absolute Gasteiger partial charge is 0.261 e. The lowest BCUT2D eigenvalue weighted by Crippen LogP contribution is -2.49. The minimum absolute atomic E-state index is 0.0874. The van der Waals surface area contributed by atoms with E-state index in [0.29, 0.717) is 24.8 Å². The predicted molar refractivity (Wildman–Crippen MR) is 140 cm³/mol. The van der Waals surface area contributed by atoms with Crippen LogP contribution in [0.3, 0.4) is 0 Å². The van der Waals surface area contributed by atoms with Crippen LogP contribution in [0.15, 0.2) is 71.6 Å². The second-order valence-electron chi connectivity index (χ2n) is 9.22. The van der Waals surface area contributed by atoms with Gasteiger partial charge < -0.3 is 10.2 Å². The number of hydrogen-bond donors (Lipinski definition) is 2. The van der Waals surface area contributed by atoms with Crippen molar-refractivity contribution in [3.63, 3.8) is 0 Å². The van der Waals surface area contributed by atoms with E-state index < -0.39 is 21.7 Å². The first-order valence-corrected chi connectivity index (χ1v) is 13.5. The molecule has 1 aliphatic heterocycles. The number of rotatable bonds is 8. The third-order valence-electron chi connectivity index (χ3n) is 6.38. The molecule has 37 heavy (non-hydrogen) atoms. The van der Waals surface area contributed by atoms with Crippen molar-refractivity contribution < 1.29 is 22.0 Å². The summed E-state index contributed by atoms with van der Waals surface area (Å²) in [5.74, 6) is -1.30. The Morgan fingerprint density at radius 1 is 0.892 bits per heavy atom. The number of carbonyl (C=O) groups excluding carboxylic acids is 1. The van der Waals surface area contributed by atoms with Gasteiger partial charge in [-0.05, 0) is 74.0 Å². The van der Waals surface area contributed by atoms with Crippen LogP contribution in [-0.2, 0) is 16.6 Å². The molecule has 0 atom stereocenters. The summed E-state index contributed by atoms with van der Waals surface area (Å²) in [6, 6.07) is 15.7. The molecule has 0 aliphatic carbocycles. The van der Waals surface area contributed by atoms with Crippen LogP contribution in [0.5, 0.6) is 0 Å². The van der Waals surface area contributed by atoms with Gasteiger partial charge in [-0.3, -0.25) is 14.4 Å². The number of hydrogen-bond acceptors (Lipinski definition) is 5. The van der Waals surface area contributed by atoms with Gasteiger partial charge in [0.25, 0.3) is 15.9 Å². The Kier molecular flexibility index (Phi) is 8.09. The monoisotopic (exact) mass is 528 g/mol. The molecule has 0 spiro atoms. The number of sulfonamides is 1. The Bertz CT molecular complexity index is 1340. The van der Waals surface area contributed by atoms with Gasteiger partial charge in [0, 0.05) is 44.3 Å². The number of anilines is 2. The summed E-state index contributed by atoms with van der Waals surface area (Å²) in [6.07, 6.45) is 0. The Morgan fingerprint density at radius 2 is 1.49 bits per heavy atom. The van der Waals surface area contributed by atoms with Crippen molar-refractivity contribution in [2.24, 2.45) is 0 Å². The first kappa shape index (κ1) is 26.6. The van der Waals surface area contributed by atoms with Gasteiger partial charge in [-0.2, -0.15) is 0 Å². The summed E-state index contributed by atoms with van der Waals surface area (Å²) in [5, 5.41) is 2.78. The fourth-order valence-electron chi connectivity index (χ4n) is 4.22. The minimum atomic E-state index is -4.04. The van der Waals surface area contributed by atoms with Gasteiger partial charge in [0.15, 0.2) is 0 Å². The summed E-state index contributed by atoms with van der Waals surface area (Å²) in [6.45, 7) is 7.49. The molecule has 1 saturated heterocycles. The van der Waals surface area contributed by atoms with Crippen LogP contribution >= 0.6 is 0 Å². The topological polar surface area (TPSA) is 81.8 Å². The van der Waals surface area contributed by atoms with Crippen LogP contribution in [0.2, 0.25) is 0 Å². The molecule has 3 aromatic rings. The van der Waals surface area contributed by atoms with E-state index in [4.69, 9.17) is 0 Å². The van der Waals surface area contributed by atoms with Gasteiger partial charge >= 0.3 is 0 Å². The molecule has 2 N–H and O–H groups in total. The van der Waals surface area contributed by atoms with E-state index >= 15 is 0 Å². The standard InChI is InChI=1S/C27H30F2N4O3S/c1-19(2)32-13-15-33(16-14-32)26-12-5-21(27(34)30-18-20-3-6-22(28)7-4-20)17-25(26)31-37(35,36)24-10-8-23(29)9-11-24/h3-12,17,19,31H,13-16,18H2,1-2H3,(H,30,34). The fourth-order valence-corrected chi connectivity index (χ4v) is 5.28. The molecule has 0 saturated carbocycles. The quantitative estimate of drug-likeness (QED) is 0.458. The lowest BCUT2D eigenvalue weighted by atomic mass is 10.1. The first-order chi connectivity index (χ1) is 17.6. The molecule has 1 fully saturated rings. The van der Waals surface area contributed by atoms with E-state index in [-0.39, 0.29) is 28.5 Å². The SMILES string of the molecule is CC(C)N1CCN(c2ccc(C(=O)NCc3ccc(F)cc3)cc2NS(=O)(=O)c2ccc(F)cc2)CC1. The van der Waals surface area contributed by atoms with E-state index in [9.17, 15) is 22.0 Å². The number of nitrogens with zero attached hydrogens (tertiary/aromatic N) is 2. The number of amides is 1. The molecule has 1 aliphatic rings. The molecule has 10 heteroatoms. The second-order valence-corrected chi connectivity index (χ2v) is 10.9. The van der Waals surface area contributed by atoms with Gasteiger partial charge in [-0.25, -0.2) is 17.2 Å². The zero-order valence-electron chi connectivity index (χ0n) is 20.7. The van der Waals surface area contributed by atoms with Crippen molar-refractivity contribution in [1.29, 1.82) is 0 Å². The summed E-state index contributed by atoms with van der Waals surface area (Å²) >= 11 is 0. The molecule has 0 aromatic heterocycles. The number of carbonyl (C=O) groups is 1. The van der Waals surface area contributed by atoms with Crippen molar-refractivity contribution in [3.8, 4) is 0 Å². The van der Waals surface area contributed by atoms with Crippen molar-refractivity contribution >= 4 is 27.3 Å². The second kappa shape index (κ2) is 11.3. The lowest BCUT2D eigenvalue weighted by molar-refractivity contribution is 0.0951. The van der Waals surface area contributed by atoms with Gasteiger partial charge in [0.1, 0.15) is 11.6 Å². The Hall–Kier alpha value is -3.50. The van der Waals surface area contributed by atoms with E-state index in [1.807, 2.05) is 0 Å². The summed E-state index contributed by atoms with van der Waals surface area (Å²) in [4.78, 5) is 17.2. The first-order valence-electron chi connectivity index (χ1n) is 12.1. The maximum Gasteiger partial charge on any atom is 0.261 e. The predicted octanol–water partition coefficient (Wildman–Crippen LogP) is 4.23. The summed E-state index contributed by atoms with van der Waals surface area (Å²) in [7, 11) is -4.04. The van der Waals surface area contributed by atoms with Crippen LogP contribution in [0.25, 0.3) is 0 Å². The maximum absolute atomic E-state index is 13.4. The molecule has 0 radical (unpaired) electrons. The van der Waals surface area contributed by atoms with Gasteiger partial charge in [0.2, 0.25) is 0 Å². The third kappa shape index (κ3) is 6.64. The van der Waals surface area contributed by atoms with Crippen molar-refractivity contribution in [2.75, 3.05) is 35.8 Å². The van der Waals surface area contributed by atoms with E-state index in [0.717, 1.165) is 30.8 Å². The zero-order chi connectivity index (χ0) is 26.6. The van der Waals surface area contributed by atoms with Crippen molar-refractivity contribution in [2.45, 2.75) is 31.3 Å². The number of benzene rings is 3. The molecule has 0 bridgehead atoms. The highest BCUT2D eigenvalue weighted by Crippen LogP contribution is 2.31. The number of piperazine rings is 1. The number of halogens is 2. The molecule has 1 amide bonds.